The fourth-order valence-corrected chi connectivity index (χ4v) is 3.28. The zero-order chi connectivity index (χ0) is 12.5. The number of nitrogens with two attached hydrogens (primary N) is 1. The molecule has 2 N–H and O–H groups in total. The predicted octanol–water partition coefficient (Wildman–Crippen LogP) is 1.05. The van der Waals surface area contributed by atoms with Gasteiger partial charge in [-0.05, 0) is 24.7 Å². The Balaban J connectivity index is 1.78. The first-order valence-electron chi connectivity index (χ1n) is 6.65. The van der Waals surface area contributed by atoms with Crippen molar-refractivity contribution in [3.8, 4) is 5.88 Å². The van der Waals surface area contributed by atoms with Crippen LogP contribution in [0.15, 0.2) is 12.3 Å². The molecular formula is C13H20N4O. The molecule has 5 heteroatoms. The fraction of sp³-hybridized carbons (Fsp3) is 0.692. The summed E-state index contributed by atoms with van der Waals surface area (Å²) in [7, 11) is 1.63. The van der Waals surface area contributed by atoms with Crippen LogP contribution >= 0.6 is 0 Å². The van der Waals surface area contributed by atoms with Crippen LogP contribution in [-0.4, -0.2) is 36.2 Å². The van der Waals surface area contributed by atoms with E-state index in [2.05, 4.69) is 14.9 Å². The first kappa shape index (κ1) is 11.7. The van der Waals surface area contributed by atoms with E-state index in [1.54, 1.807) is 19.4 Å². The number of aromatic nitrogens is 2. The molecule has 1 saturated heterocycles. The fourth-order valence-electron chi connectivity index (χ4n) is 3.28. The summed E-state index contributed by atoms with van der Waals surface area (Å²) in [6.45, 7) is 2.02. The number of hydrogen-bond acceptors (Lipinski definition) is 5. The van der Waals surface area contributed by atoms with Crippen LogP contribution in [0.4, 0.5) is 5.95 Å². The maximum absolute atomic E-state index is 6.22. The highest BCUT2D eigenvalue weighted by Crippen LogP contribution is 2.36. The van der Waals surface area contributed by atoms with E-state index in [0.717, 1.165) is 25.5 Å². The highest BCUT2D eigenvalue weighted by Gasteiger charge is 2.39. The van der Waals surface area contributed by atoms with Crippen LogP contribution in [-0.2, 0) is 0 Å². The minimum absolute atomic E-state index is 0.347. The zero-order valence-electron chi connectivity index (χ0n) is 10.7. The predicted molar refractivity (Wildman–Crippen MR) is 69.6 cm³/mol. The van der Waals surface area contributed by atoms with Crippen molar-refractivity contribution >= 4 is 5.95 Å². The van der Waals surface area contributed by atoms with E-state index in [-0.39, 0.29) is 0 Å². The van der Waals surface area contributed by atoms with Gasteiger partial charge in [-0.3, -0.25) is 0 Å². The normalized spacial score (nSPS) is 31.2. The number of fused-ring (bicyclic) bond motifs is 1. The smallest absolute Gasteiger partial charge is 0.228 e. The lowest BCUT2D eigenvalue weighted by Gasteiger charge is -2.29. The van der Waals surface area contributed by atoms with Crippen molar-refractivity contribution in [1.29, 1.82) is 0 Å². The van der Waals surface area contributed by atoms with Gasteiger partial charge < -0.3 is 15.4 Å². The van der Waals surface area contributed by atoms with Crippen molar-refractivity contribution in [1.82, 2.24) is 9.97 Å². The van der Waals surface area contributed by atoms with Gasteiger partial charge in [-0.25, -0.2) is 4.98 Å². The quantitative estimate of drug-likeness (QED) is 0.847. The average Bonchev–Trinajstić information content (AvgIpc) is 2.84. The Bertz CT molecular complexity index is 425. The lowest BCUT2D eigenvalue weighted by atomic mass is 9.78. The molecule has 1 aliphatic carbocycles. The van der Waals surface area contributed by atoms with E-state index in [1.165, 1.54) is 12.8 Å². The monoisotopic (exact) mass is 248 g/mol. The first-order chi connectivity index (χ1) is 8.78. The Morgan fingerprint density at radius 2 is 2.28 bits per heavy atom. The Hall–Kier alpha value is -1.36. The van der Waals surface area contributed by atoms with Crippen molar-refractivity contribution in [2.75, 3.05) is 25.1 Å². The lowest BCUT2D eigenvalue weighted by molar-refractivity contribution is 0.260. The van der Waals surface area contributed by atoms with Crippen molar-refractivity contribution in [2.45, 2.75) is 25.3 Å². The van der Waals surface area contributed by atoms with Gasteiger partial charge in [0, 0.05) is 31.4 Å². The second-order valence-corrected chi connectivity index (χ2v) is 5.32. The molecule has 2 heterocycles. The molecule has 3 rings (SSSR count). The molecule has 0 radical (unpaired) electrons. The SMILES string of the molecule is COc1ccnc(N2CC3CCCC(N)C3C2)n1. The Morgan fingerprint density at radius 3 is 3.06 bits per heavy atom. The van der Waals surface area contributed by atoms with Crippen molar-refractivity contribution in [3.05, 3.63) is 12.3 Å². The van der Waals surface area contributed by atoms with Crippen LogP contribution in [0.1, 0.15) is 19.3 Å². The zero-order valence-corrected chi connectivity index (χ0v) is 10.7. The molecule has 0 amide bonds. The van der Waals surface area contributed by atoms with Gasteiger partial charge >= 0.3 is 0 Å². The molecule has 2 aliphatic rings. The lowest BCUT2D eigenvalue weighted by Crippen LogP contribution is -2.38. The minimum atomic E-state index is 0.347. The molecule has 98 valence electrons. The molecule has 0 spiro atoms. The van der Waals surface area contributed by atoms with Crippen molar-refractivity contribution in [3.63, 3.8) is 0 Å². The van der Waals surface area contributed by atoms with Gasteiger partial charge in [0.25, 0.3) is 0 Å². The molecular weight excluding hydrogens is 228 g/mol. The van der Waals surface area contributed by atoms with Crippen molar-refractivity contribution in [2.24, 2.45) is 17.6 Å². The van der Waals surface area contributed by atoms with E-state index in [1.807, 2.05) is 0 Å². The van der Waals surface area contributed by atoms with Crippen LogP contribution in [0.3, 0.4) is 0 Å². The summed E-state index contributed by atoms with van der Waals surface area (Å²) in [6, 6.07) is 2.12. The van der Waals surface area contributed by atoms with E-state index in [4.69, 9.17) is 10.5 Å². The number of ether oxygens (including phenoxy) is 1. The summed E-state index contributed by atoms with van der Waals surface area (Å²) < 4.78 is 5.15. The van der Waals surface area contributed by atoms with Crippen LogP contribution in [0, 0.1) is 11.8 Å². The van der Waals surface area contributed by atoms with Gasteiger partial charge in [-0.15, -0.1) is 0 Å². The molecule has 5 nitrogen and oxygen atoms in total. The molecule has 1 aromatic rings. The third-order valence-corrected chi connectivity index (χ3v) is 4.26. The number of rotatable bonds is 2. The molecule has 3 atom stereocenters. The first-order valence-corrected chi connectivity index (χ1v) is 6.65. The van der Waals surface area contributed by atoms with Crippen LogP contribution in [0.2, 0.25) is 0 Å². The maximum atomic E-state index is 6.22. The summed E-state index contributed by atoms with van der Waals surface area (Å²) in [5.41, 5.74) is 6.22. The summed E-state index contributed by atoms with van der Waals surface area (Å²) in [5.74, 6) is 2.72. The minimum Gasteiger partial charge on any atom is -0.481 e. The van der Waals surface area contributed by atoms with Crippen LogP contribution < -0.4 is 15.4 Å². The summed E-state index contributed by atoms with van der Waals surface area (Å²) in [4.78, 5) is 11.0. The maximum Gasteiger partial charge on any atom is 0.228 e. The number of methoxy groups -OCH3 is 1. The van der Waals surface area contributed by atoms with Gasteiger partial charge in [0.2, 0.25) is 11.8 Å². The molecule has 2 fully saturated rings. The van der Waals surface area contributed by atoms with E-state index in [0.29, 0.717) is 23.8 Å². The highest BCUT2D eigenvalue weighted by atomic mass is 16.5. The van der Waals surface area contributed by atoms with Gasteiger partial charge in [0.05, 0.1) is 7.11 Å². The van der Waals surface area contributed by atoms with Crippen LogP contribution in [0.5, 0.6) is 5.88 Å². The van der Waals surface area contributed by atoms with E-state index >= 15 is 0 Å². The van der Waals surface area contributed by atoms with Gasteiger partial charge in [0.15, 0.2) is 0 Å². The average molecular weight is 248 g/mol. The van der Waals surface area contributed by atoms with Gasteiger partial charge in [-0.2, -0.15) is 4.98 Å². The van der Waals surface area contributed by atoms with Crippen LogP contribution in [0.25, 0.3) is 0 Å². The molecule has 1 aliphatic heterocycles. The molecule has 0 bridgehead atoms. The molecule has 18 heavy (non-hydrogen) atoms. The molecule has 3 unspecified atom stereocenters. The number of anilines is 1. The molecule has 0 aromatic carbocycles. The van der Waals surface area contributed by atoms with Crippen molar-refractivity contribution < 1.29 is 4.74 Å². The third kappa shape index (κ3) is 2.03. The molecule has 1 saturated carbocycles. The largest absolute Gasteiger partial charge is 0.481 e. The van der Waals surface area contributed by atoms with Gasteiger partial charge in [0.1, 0.15) is 0 Å². The van der Waals surface area contributed by atoms with E-state index < -0.39 is 0 Å². The number of nitrogens with zero attached hydrogens (tertiary/aromatic N) is 3. The summed E-state index contributed by atoms with van der Waals surface area (Å²) in [5, 5.41) is 0. The Morgan fingerprint density at radius 1 is 1.39 bits per heavy atom. The second-order valence-electron chi connectivity index (χ2n) is 5.32. The Labute approximate surface area is 107 Å². The highest BCUT2D eigenvalue weighted by molar-refractivity contribution is 5.34. The summed E-state index contributed by atoms with van der Waals surface area (Å²) in [6.07, 6.45) is 5.46. The third-order valence-electron chi connectivity index (χ3n) is 4.26. The van der Waals surface area contributed by atoms with Gasteiger partial charge in [-0.1, -0.05) is 6.42 Å². The molecule has 1 aromatic heterocycles. The standard InChI is InChI=1S/C13H20N4O/c1-18-12-5-6-15-13(16-12)17-7-9-3-2-4-11(14)10(9)8-17/h5-6,9-11H,2-4,7-8,14H2,1H3. The topological polar surface area (TPSA) is 64.3 Å². The summed E-state index contributed by atoms with van der Waals surface area (Å²) >= 11 is 0. The van der Waals surface area contributed by atoms with E-state index in [9.17, 15) is 0 Å². The number of hydrogen-bond donors (Lipinski definition) is 1. The Kier molecular flexibility index (Phi) is 3.07. The second kappa shape index (κ2) is 4.72.